The van der Waals surface area contributed by atoms with Gasteiger partial charge in [-0.1, -0.05) is 0 Å². The van der Waals surface area contributed by atoms with E-state index in [-0.39, 0.29) is 17.2 Å². The van der Waals surface area contributed by atoms with E-state index < -0.39 is 0 Å². The van der Waals surface area contributed by atoms with E-state index in [0.717, 1.165) is 0 Å². The van der Waals surface area contributed by atoms with Crippen molar-refractivity contribution in [3.05, 3.63) is 18.0 Å². The second-order valence-corrected chi connectivity index (χ2v) is 1.81. The van der Waals surface area contributed by atoms with Gasteiger partial charge in [0.1, 0.15) is 0 Å². The predicted molar refractivity (Wildman–Crippen MR) is 37.2 cm³/mol. The molecule has 0 spiro atoms. The molecule has 1 radical (unpaired) electrons. The number of aromatic hydroxyl groups is 1. The summed E-state index contributed by atoms with van der Waals surface area (Å²) in [7, 11) is 1.39. The number of hydrogen-bond acceptors (Lipinski definition) is 4. The average molecular weight is 152 g/mol. The maximum atomic E-state index is 10.1. The van der Waals surface area contributed by atoms with Gasteiger partial charge in [0, 0.05) is 12.3 Å². The summed E-state index contributed by atoms with van der Waals surface area (Å²) in [6, 6.07) is 1.45. The van der Waals surface area contributed by atoms with Crippen molar-refractivity contribution in [3.63, 3.8) is 0 Å². The summed E-state index contributed by atoms with van der Waals surface area (Å²) in [6.07, 6.45) is 2.84. The lowest BCUT2D eigenvalue weighted by atomic mass is 10.3. The Hall–Kier alpha value is -1.58. The Morgan fingerprint density at radius 2 is 2.45 bits per heavy atom. The molecule has 4 heteroatoms. The highest BCUT2D eigenvalue weighted by Gasteiger charge is 2.07. The third kappa shape index (κ3) is 1.29. The number of carbonyl (C=O) groups excluding carboxylic acids is 1. The van der Waals surface area contributed by atoms with Crippen LogP contribution in [0.2, 0.25) is 0 Å². The highest BCUT2D eigenvalue weighted by atomic mass is 16.5. The van der Waals surface area contributed by atoms with E-state index in [0.29, 0.717) is 0 Å². The second kappa shape index (κ2) is 3.01. The standard InChI is InChI=1S/C7H6NO3/c1-11-6-2-3-8-5(4-9)7(6)10/h2-3,10H,1H3. The Morgan fingerprint density at radius 1 is 1.73 bits per heavy atom. The minimum absolute atomic E-state index is 0.135. The third-order valence-corrected chi connectivity index (χ3v) is 1.20. The lowest BCUT2D eigenvalue weighted by Crippen LogP contribution is -1.91. The van der Waals surface area contributed by atoms with Crippen molar-refractivity contribution in [2.45, 2.75) is 0 Å². The maximum Gasteiger partial charge on any atom is 0.257 e. The molecule has 11 heavy (non-hydrogen) atoms. The molecule has 0 amide bonds. The molecule has 0 bridgehead atoms. The van der Waals surface area contributed by atoms with Gasteiger partial charge < -0.3 is 9.84 Å². The van der Waals surface area contributed by atoms with Crippen molar-refractivity contribution in [1.29, 1.82) is 0 Å². The first-order valence-electron chi connectivity index (χ1n) is 2.89. The molecular weight excluding hydrogens is 146 g/mol. The van der Waals surface area contributed by atoms with Crippen LogP contribution in [0.1, 0.15) is 5.69 Å². The first kappa shape index (κ1) is 7.53. The molecule has 1 heterocycles. The van der Waals surface area contributed by atoms with Gasteiger partial charge >= 0.3 is 0 Å². The zero-order valence-corrected chi connectivity index (χ0v) is 5.87. The number of pyridine rings is 1. The molecule has 0 saturated carbocycles. The molecule has 0 unspecified atom stereocenters. The van der Waals surface area contributed by atoms with Gasteiger partial charge in [-0.15, -0.1) is 0 Å². The molecule has 57 valence electrons. The van der Waals surface area contributed by atoms with Gasteiger partial charge in [0.2, 0.25) is 0 Å². The van der Waals surface area contributed by atoms with Crippen molar-refractivity contribution >= 4 is 6.29 Å². The van der Waals surface area contributed by atoms with Crippen LogP contribution in [-0.4, -0.2) is 23.5 Å². The van der Waals surface area contributed by atoms with Crippen molar-refractivity contribution in [2.75, 3.05) is 7.11 Å². The van der Waals surface area contributed by atoms with E-state index in [1.165, 1.54) is 25.7 Å². The minimum Gasteiger partial charge on any atom is -0.503 e. The zero-order chi connectivity index (χ0) is 8.27. The Labute approximate surface area is 63.5 Å². The third-order valence-electron chi connectivity index (χ3n) is 1.20. The van der Waals surface area contributed by atoms with E-state index in [9.17, 15) is 4.79 Å². The first-order chi connectivity index (χ1) is 5.29. The van der Waals surface area contributed by atoms with Crippen LogP contribution in [0.3, 0.4) is 0 Å². The van der Waals surface area contributed by atoms with Crippen molar-refractivity contribution in [2.24, 2.45) is 0 Å². The smallest absolute Gasteiger partial charge is 0.257 e. The molecular formula is C7H6NO3. The SMILES string of the molecule is COc1ccnc([C]=O)c1O. The van der Waals surface area contributed by atoms with Crippen molar-refractivity contribution in [1.82, 2.24) is 4.98 Å². The van der Waals surface area contributed by atoms with Gasteiger partial charge in [0.15, 0.2) is 17.2 Å². The average Bonchev–Trinajstić information content (AvgIpc) is 2.05. The molecule has 0 aromatic carbocycles. The molecule has 0 aliphatic rings. The summed E-state index contributed by atoms with van der Waals surface area (Å²) in [6.45, 7) is 0. The van der Waals surface area contributed by atoms with E-state index in [2.05, 4.69) is 4.98 Å². The van der Waals surface area contributed by atoms with E-state index in [1.807, 2.05) is 0 Å². The fourth-order valence-corrected chi connectivity index (χ4v) is 0.676. The van der Waals surface area contributed by atoms with Gasteiger partial charge in [0.25, 0.3) is 6.29 Å². The van der Waals surface area contributed by atoms with Gasteiger partial charge in [-0.05, 0) is 0 Å². The van der Waals surface area contributed by atoms with Crippen molar-refractivity contribution < 1.29 is 14.6 Å². The molecule has 1 aromatic rings. The summed E-state index contributed by atoms with van der Waals surface area (Å²) >= 11 is 0. The van der Waals surface area contributed by atoms with E-state index in [4.69, 9.17) is 9.84 Å². The van der Waals surface area contributed by atoms with Crippen LogP contribution in [0.25, 0.3) is 0 Å². The van der Waals surface area contributed by atoms with Crippen LogP contribution in [0.4, 0.5) is 0 Å². The summed E-state index contributed by atoms with van der Waals surface area (Å²) in [5.74, 6) is -0.0525. The lowest BCUT2D eigenvalue weighted by molar-refractivity contribution is 0.371. The number of hydrogen-bond donors (Lipinski definition) is 1. The lowest BCUT2D eigenvalue weighted by Gasteiger charge is -2.01. The van der Waals surface area contributed by atoms with E-state index >= 15 is 0 Å². The summed E-state index contributed by atoms with van der Waals surface area (Å²) in [5.41, 5.74) is -0.135. The molecule has 1 aromatic heterocycles. The minimum atomic E-state index is -0.273. The molecule has 0 saturated heterocycles. The Kier molecular flexibility index (Phi) is 2.06. The first-order valence-corrected chi connectivity index (χ1v) is 2.89. The van der Waals surface area contributed by atoms with Gasteiger partial charge in [-0.2, -0.15) is 0 Å². The van der Waals surface area contributed by atoms with Gasteiger partial charge in [-0.3, -0.25) is 4.79 Å². The highest BCUT2D eigenvalue weighted by Crippen LogP contribution is 2.25. The number of rotatable bonds is 2. The number of nitrogens with zero attached hydrogens (tertiary/aromatic N) is 1. The Balaban J connectivity index is 3.20. The van der Waals surface area contributed by atoms with Crippen LogP contribution >= 0.6 is 0 Å². The van der Waals surface area contributed by atoms with Gasteiger partial charge in [-0.25, -0.2) is 4.98 Å². The van der Waals surface area contributed by atoms with Gasteiger partial charge in [0.05, 0.1) is 7.11 Å². The molecule has 0 aliphatic heterocycles. The number of ether oxygens (including phenoxy) is 1. The monoisotopic (exact) mass is 152 g/mol. The summed E-state index contributed by atoms with van der Waals surface area (Å²) in [4.78, 5) is 13.6. The normalized spacial score (nSPS) is 9.18. The molecule has 4 nitrogen and oxygen atoms in total. The van der Waals surface area contributed by atoms with Crippen LogP contribution in [0.15, 0.2) is 12.3 Å². The largest absolute Gasteiger partial charge is 0.503 e. The van der Waals surface area contributed by atoms with Crippen LogP contribution < -0.4 is 4.74 Å². The van der Waals surface area contributed by atoms with Crippen molar-refractivity contribution in [3.8, 4) is 11.5 Å². The van der Waals surface area contributed by atoms with Crippen LogP contribution in [0, 0.1) is 0 Å². The fraction of sp³-hybridized carbons (Fsp3) is 0.143. The second-order valence-electron chi connectivity index (χ2n) is 1.81. The number of aromatic nitrogens is 1. The summed E-state index contributed by atoms with van der Waals surface area (Å²) in [5, 5.41) is 9.14. The number of methoxy groups -OCH3 is 1. The van der Waals surface area contributed by atoms with Crippen LogP contribution in [0.5, 0.6) is 11.5 Å². The predicted octanol–water partition coefficient (Wildman–Crippen LogP) is 0.254. The molecule has 0 atom stereocenters. The van der Waals surface area contributed by atoms with Crippen LogP contribution in [-0.2, 0) is 4.79 Å². The Morgan fingerprint density at radius 3 is 3.00 bits per heavy atom. The zero-order valence-electron chi connectivity index (χ0n) is 5.87. The molecule has 1 N–H and O–H groups in total. The highest BCUT2D eigenvalue weighted by molar-refractivity contribution is 5.78. The fourth-order valence-electron chi connectivity index (χ4n) is 0.676. The molecule has 0 fully saturated rings. The summed E-state index contributed by atoms with van der Waals surface area (Å²) < 4.78 is 4.72. The quantitative estimate of drug-likeness (QED) is 0.660. The maximum absolute atomic E-state index is 10.1. The molecule has 0 aliphatic carbocycles. The topological polar surface area (TPSA) is 59.4 Å². The van der Waals surface area contributed by atoms with E-state index in [1.54, 1.807) is 0 Å². The molecule has 1 rings (SSSR count). The Bertz CT molecular complexity index is 272.